The van der Waals surface area contributed by atoms with Crippen LogP contribution < -0.4 is 5.73 Å². The predicted molar refractivity (Wildman–Crippen MR) is 81.4 cm³/mol. The van der Waals surface area contributed by atoms with E-state index in [1.165, 1.54) is 24.8 Å². The highest BCUT2D eigenvalue weighted by atomic mass is 35.5. The molecule has 1 aromatic carbocycles. The van der Waals surface area contributed by atoms with Crippen molar-refractivity contribution in [1.29, 1.82) is 0 Å². The number of halogens is 1. The van der Waals surface area contributed by atoms with E-state index in [2.05, 4.69) is 32.0 Å². The van der Waals surface area contributed by atoms with Gasteiger partial charge in [0.1, 0.15) is 0 Å². The lowest BCUT2D eigenvalue weighted by molar-refractivity contribution is 0.302. The average molecular weight is 284 g/mol. The van der Waals surface area contributed by atoms with E-state index >= 15 is 0 Å². The summed E-state index contributed by atoms with van der Waals surface area (Å²) < 4.78 is 0. The Balaban J connectivity index is 2.22. The number of benzene rings is 1. The minimum absolute atomic E-state index is 0.150. The van der Waals surface area contributed by atoms with Crippen molar-refractivity contribution >= 4 is 23.4 Å². The first-order valence-corrected chi connectivity index (χ1v) is 8.02. The molecule has 1 aliphatic rings. The summed E-state index contributed by atoms with van der Waals surface area (Å²) in [6.45, 7) is 4.36. The summed E-state index contributed by atoms with van der Waals surface area (Å²) in [6.07, 6.45) is 5.95. The zero-order chi connectivity index (χ0) is 13.2. The Morgan fingerprint density at radius 1 is 1.22 bits per heavy atom. The van der Waals surface area contributed by atoms with Gasteiger partial charge in [-0.1, -0.05) is 50.8 Å². The van der Waals surface area contributed by atoms with Gasteiger partial charge >= 0.3 is 0 Å². The highest BCUT2D eigenvalue weighted by molar-refractivity contribution is 8.00. The number of rotatable bonds is 3. The van der Waals surface area contributed by atoms with Crippen LogP contribution in [0.2, 0.25) is 5.02 Å². The average Bonchev–Trinajstić information content (AvgIpc) is 2.32. The fourth-order valence-electron chi connectivity index (χ4n) is 2.63. The molecule has 1 fully saturated rings. The van der Waals surface area contributed by atoms with Crippen LogP contribution in [-0.4, -0.2) is 5.25 Å². The number of nitrogens with two attached hydrogens (primary N) is 1. The number of hydrogen-bond acceptors (Lipinski definition) is 2. The van der Waals surface area contributed by atoms with Crippen molar-refractivity contribution in [1.82, 2.24) is 0 Å². The Kier molecular flexibility index (Phi) is 4.63. The van der Waals surface area contributed by atoms with Gasteiger partial charge in [-0.25, -0.2) is 0 Å². The molecule has 2 N–H and O–H groups in total. The molecule has 100 valence electrons. The van der Waals surface area contributed by atoms with Crippen molar-refractivity contribution in [2.45, 2.75) is 61.6 Å². The van der Waals surface area contributed by atoms with Crippen LogP contribution in [0, 0.1) is 0 Å². The smallest absolute Gasteiger partial charge is 0.0545 e. The standard InChI is InChI=1S/C15H22ClNS/c1-11(2)18-14-7-6-12(10-13(14)16)15(17)8-4-3-5-9-15/h6-7,10-11H,3-5,8-9,17H2,1-2H3. The second kappa shape index (κ2) is 5.85. The maximum Gasteiger partial charge on any atom is 0.0545 e. The van der Waals surface area contributed by atoms with Crippen molar-refractivity contribution in [2.75, 3.05) is 0 Å². The molecule has 18 heavy (non-hydrogen) atoms. The lowest BCUT2D eigenvalue weighted by Gasteiger charge is -2.34. The Bertz CT molecular complexity index is 411. The summed E-state index contributed by atoms with van der Waals surface area (Å²) in [4.78, 5) is 1.16. The van der Waals surface area contributed by atoms with Gasteiger partial charge in [-0.3, -0.25) is 0 Å². The van der Waals surface area contributed by atoms with Gasteiger partial charge in [0.2, 0.25) is 0 Å². The largest absolute Gasteiger partial charge is 0.321 e. The van der Waals surface area contributed by atoms with Crippen molar-refractivity contribution < 1.29 is 0 Å². The molecule has 0 amide bonds. The summed E-state index contributed by atoms with van der Waals surface area (Å²) in [6, 6.07) is 6.38. The van der Waals surface area contributed by atoms with Crippen molar-refractivity contribution in [3.63, 3.8) is 0 Å². The van der Waals surface area contributed by atoms with Crippen molar-refractivity contribution in [3.8, 4) is 0 Å². The maximum atomic E-state index is 6.54. The van der Waals surface area contributed by atoms with Crippen LogP contribution in [-0.2, 0) is 5.54 Å². The first kappa shape index (κ1) is 14.2. The second-order valence-electron chi connectivity index (χ2n) is 5.53. The van der Waals surface area contributed by atoms with Crippen LogP contribution in [0.3, 0.4) is 0 Å². The highest BCUT2D eigenvalue weighted by Crippen LogP contribution is 2.38. The molecule has 1 saturated carbocycles. The van der Waals surface area contributed by atoms with E-state index in [1.54, 1.807) is 11.8 Å². The highest BCUT2D eigenvalue weighted by Gasteiger charge is 2.29. The first-order valence-electron chi connectivity index (χ1n) is 6.77. The van der Waals surface area contributed by atoms with Crippen LogP contribution in [0.15, 0.2) is 23.1 Å². The van der Waals surface area contributed by atoms with Crippen LogP contribution in [0.5, 0.6) is 0 Å². The molecule has 0 aromatic heterocycles. The molecular formula is C15H22ClNS. The van der Waals surface area contributed by atoms with Crippen LogP contribution >= 0.6 is 23.4 Å². The molecule has 0 bridgehead atoms. The lowest BCUT2D eigenvalue weighted by Crippen LogP contribution is -2.38. The predicted octanol–water partition coefficient (Wildman–Crippen LogP) is 4.96. The minimum Gasteiger partial charge on any atom is -0.321 e. The molecule has 0 saturated heterocycles. The van der Waals surface area contributed by atoms with Crippen LogP contribution in [0.1, 0.15) is 51.5 Å². The van der Waals surface area contributed by atoms with E-state index in [0.29, 0.717) is 5.25 Å². The Labute approximate surface area is 119 Å². The van der Waals surface area contributed by atoms with Gasteiger partial charge < -0.3 is 5.73 Å². The quantitative estimate of drug-likeness (QED) is 0.794. The summed E-state index contributed by atoms with van der Waals surface area (Å²) >= 11 is 8.18. The molecule has 0 unspecified atom stereocenters. The van der Waals surface area contributed by atoms with Gasteiger partial charge in [0, 0.05) is 15.7 Å². The molecule has 0 atom stereocenters. The maximum absolute atomic E-state index is 6.54. The minimum atomic E-state index is -0.150. The molecule has 2 rings (SSSR count). The van der Waals surface area contributed by atoms with Crippen molar-refractivity contribution in [2.24, 2.45) is 5.73 Å². The fourth-order valence-corrected chi connectivity index (χ4v) is 3.77. The molecular weight excluding hydrogens is 262 g/mol. The number of thioether (sulfide) groups is 1. The lowest BCUT2D eigenvalue weighted by atomic mass is 9.77. The SMILES string of the molecule is CC(C)Sc1ccc(C2(N)CCCCC2)cc1Cl. The van der Waals surface area contributed by atoms with E-state index < -0.39 is 0 Å². The van der Waals surface area contributed by atoms with Crippen molar-refractivity contribution in [3.05, 3.63) is 28.8 Å². The third kappa shape index (κ3) is 3.23. The molecule has 1 aliphatic carbocycles. The normalized spacial score (nSPS) is 19.2. The second-order valence-corrected chi connectivity index (χ2v) is 7.55. The van der Waals surface area contributed by atoms with E-state index in [-0.39, 0.29) is 5.54 Å². The Hall–Kier alpha value is -0.180. The van der Waals surface area contributed by atoms with E-state index in [9.17, 15) is 0 Å². The molecule has 0 aliphatic heterocycles. The Morgan fingerprint density at radius 3 is 2.44 bits per heavy atom. The van der Waals surface area contributed by atoms with E-state index in [4.69, 9.17) is 17.3 Å². The summed E-state index contributed by atoms with van der Waals surface area (Å²) in [5.74, 6) is 0. The van der Waals surface area contributed by atoms with Crippen LogP contribution in [0.25, 0.3) is 0 Å². The zero-order valence-corrected chi connectivity index (χ0v) is 12.8. The molecule has 0 heterocycles. The van der Waals surface area contributed by atoms with Gasteiger partial charge in [-0.15, -0.1) is 11.8 Å². The molecule has 3 heteroatoms. The van der Waals surface area contributed by atoms with Gasteiger partial charge in [0.25, 0.3) is 0 Å². The first-order chi connectivity index (χ1) is 8.51. The van der Waals surface area contributed by atoms with E-state index in [0.717, 1.165) is 22.8 Å². The molecule has 1 nitrogen and oxygen atoms in total. The fraction of sp³-hybridized carbons (Fsp3) is 0.600. The van der Waals surface area contributed by atoms with Gasteiger partial charge in [-0.05, 0) is 30.5 Å². The van der Waals surface area contributed by atoms with Gasteiger partial charge in [0.15, 0.2) is 0 Å². The van der Waals surface area contributed by atoms with Crippen LogP contribution in [0.4, 0.5) is 0 Å². The topological polar surface area (TPSA) is 26.0 Å². The number of hydrogen-bond donors (Lipinski definition) is 1. The third-order valence-electron chi connectivity index (χ3n) is 3.62. The summed E-state index contributed by atoms with van der Waals surface area (Å²) in [5.41, 5.74) is 7.59. The molecule has 0 radical (unpaired) electrons. The van der Waals surface area contributed by atoms with Gasteiger partial charge in [0.05, 0.1) is 5.02 Å². The van der Waals surface area contributed by atoms with E-state index in [1.807, 2.05) is 0 Å². The summed E-state index contributed by atoms with van der Waals surface area (Å²) in [7, 11) is 0. The van der Waals surface area contributed by atoms with Gasteiger partial charge in [-0.2, -0.15) is 0 Å². The Morgan fingerprint density at radius 2 is 1.89 bits per heavy atom. The third-order valence-corrected chi connectivity index (χ3v) is 5.12. The molecule has 1 aromatic rings. The molecule has 0 spiro atoms. The zero-order valence-electron chi connectivity index (χ0n) is 11.2. The summed E-state index contributed by atoms with van der Waals surface area (Å²) in [5, 5.41) is 1.40. The monoisotopic (exact) mass is 283 g/mol.